The predicted molar refractivity (Wildman–Crippen MR) is 122 cm³/mol. The van der Waals surface area contributed by atoms with E-state index in [0.29, 0.717) is 24.5 Å². The van der Waals surface area contributed by atoms with E-state index in [1.165, 1.54) is 6.07 Å². The van der Waals surface area contributed by atoms with Crippen molar-refractivity contribution < 1.29 is 13.9 Å². The van der Waals surface area contributed by atoms with Crippen LogP contribution in [0.1, 0.15) is 40.6 Å². The monoisotopic (exact) mass is 458 g/mol. The number of rotatable bonds is 5. The number of hydrogen-bond donors (Lipinski definition) is 0. The number of carbonyl (C=O) groups excluding carboxylic acids is 1. The Kier molecular flexibility index (Phi) is 5.99. The summed E-state index contributed by atoms with van der Waals surface area (Å²) in [7, 11) is 0. The van der Waals surface area contributed by atoms with E-state index in [1.54, 1.807) is 41.5 Å². The number of likely N-dealkylation sites (tertiary alicyclic amines) is 1. The van der Waals surface area contributed by atoms with Crippen molar-refractivity contribution in [3.05, 3.63) is 90.2 Å². The van der Waals surface area contributed by atoms with E-state index in [-0.39, 0.29) is 23.5 Å². The van der Waals surface area contributed by atoms with Crippen LogP contribution in [-0.2, 0) is 0 Å². The Morgan fingerprint density at radius 3 is 2.71 bits per heavy atom. The van der Waals surface area contributed by atoms with Crippen LogP contribution < -0.4 is 4.74 Å². The van der Waals surface area contributed by atoms with Crippen LogP contribution in [0.4, 0.5) is 4.39 Å². The zero-order valence-electron chi connectivity index (χ0n) is 18.6. The fourth-order valence-electron chi connectivity index (χ4n) is 4.13. The molecule has 1 amide bonds. The molecule has 0 bridgehead atoms. The van der Waals surface area contributed by atoms with Gasteiger partial charge in [0.05, 0.1) is 0 Å². The molecule has 1 aliphatic rings. The first kappa shape index (κ1) is 21.7. The maximum Gasteiger partial charge on any atom is 0.253 e. The minimum absolute atomic E-state index is 0.0402. The third kappa shape index (κ3) is 4.63. The third-order valence-electron chi connectivity index (χ3n) is 5.78. The van der Waals surface area contributed by atoms with Crippen LogP contribution in [0.5, 0.6) is 11.6 Å². The molecule has 0 radical (unpaired) electrons. The van der Waals surface area contributed by atoms with Crippen LogP contribution in [0.2, 0.25) is 0 Å². The standard InChI is InChI=1S/C25H23FN6O2/c1-17-12-23(34-22-10-3-2-9-21(22)26)30-24(29-17)19-7-5-11-31(14-19)25(33)18-6-4-8-20(13-18)32-15-27-28-16-32/h2-4,6,8-10,12-13,15-16,19H,5,7,11,14H2,1H3/t19-/m0/s1. The molecular weight excluding hydrogens is 435 g/mol. The molecule has 172 valence electrons. The van der Waals surface area contributed by atoms with Gasteiger partial charge in [0.25, 0.3) is 5.91 Å². The molecule has 1 fully saturated rings. The molecule has 9 heteroatoms. The van der Waals surface area contributed by atoms with Crippen molar-refractivity contribution in [2.45, 2.75) is 25.7 Å². The van der Waals surface area contributed by atoms with E-state index < -0.39 is 5.82 Å². The quantitative estimate of drug-likeness (QED) is 0.443. The van der Waals surface area contributed by atoms with Gasteiger partial charge in [-0.25, -0.2) is 9.37 Å². The van der Waals surface area contributed by atoms with Gasteiger partial charge in [0.1, 0.15) is 18.5 Å². The predicted octanol–water partition coefficient (Wildman–Crippen LogP) is 4.32. The van der Waals surface area contributed by atoms with Crippen LogP contribution in [0.3, 0.4) is 0 Å². The Hall–Kier alpha value is -4.14. The van der Waals surface area contributed by atoms with Crippen molar-refractivity contribution in [1.82, 2.24) is 29.6 Å². The number of piperidine rings is 1. The highest BCUT2D eigenvalue weighted by molar-refractivity contribution is 5.94. The molecule has 0 N–H and O–H groups in total. The number of halogens is 1. The van der Waals surface area contributed by atoms with Gasteiger partial charge in [-0.05, 0) is 50.1 Å². The molecule has 8 nitrogen and oxygen atoms in total. The fourth-order valence-corrected chi connectivity index (χ4v) is 4.13. The van der Waals surface area contributed by atoms with E-state index in [9.17, 15) is 9.18 Å². The second-order valence-corrected chi connectivity index (χ2v) is 8.25. The molecule has 3 heterocycles. The van der Waals surface area contributed by atoms with Crippen LogP contribution in [-0.4, -0.2) is 48.6 Å². The van der Waals surface area contributed by atoms with E-state index in [4.69, 9.17) is 4.74 Å². The molecule has 0 aliphatic carbocycles. The second-order valence-electron chi connectivity index (χ2n) is 8.25. The third-order valence-corrected chi connectivity index (χ3v) is 5.78. The van der Waals surface area contributed by atoms with Crippen molar-refractivity contribution in [3.63, 3.8) is 0 Å². The van der Waals surface area contributed by atoms with Crippen molar-refractivity contribution in [2.24, 2.45) is 0 Å². The molecule has 1 aliphatic heterocycles. The van der Waals surface area contributed by atoms with Crippen LogP contribution in [0, 0.1) is 12.7 Å². The smallest absolute Gasteiger partial charge is 0.253 e. The number of ether oxygens (including phenoxy) is 1. The van der Waals surface area contributed by atoms with Crippen LogP contribution >= 0.6 is 0 Å². The fraction of sp³-hybridized carbons (Fsp3) is 0.240. The summed E-state index contributed by atoms with van der Waals surface area (Å²) in [6, 6.07) is 15.3. The van der Waals surface area contributed by atoms with Crippen molar-refractivity contribution in [3.8, 4) is 17.3 Å². The lowest BCUT2D eigenvalue weighted by molar-refractivity contribution is 0.0704. The van der Waals surface area contributed by atoms with E-state index >= 15 is 0 Å². The lowest BCUT2D eigenvalue weighted by Crippen LogP contribution is -2.39. The number of aryl methyl sites for hydroxylation is 1. The Labute approximate surface area is 196 Å². The maximum absolute atomic E-state index is 14.0. The van der Waals surface area contributed by atoms with E-state index in [0.717, 1.165) is 24.2 Å². The molecule has 0 spiro atoms. The van der Waals surface area contributed by atoms with Gasteiger partial charge in [-0.15, -0.1) is 10.2 Å². The number of benzene rings is 2. The zero-order chi connectivity index (χ0) is 23.5. The van der Waals surface area contributed by atoms with Gasteiger partial charge in [-0.2, -0.15) is 4.98 Å². The maximum atomic E-state index is 14.0. The number of hydrogen-bond acceptors (Lipinski definition) is 6. The molecule has 2 aromatic heterocycles. The number of carbonyl (C=O) groups is 1. The number of amides is 1. The summed E-state index contributed by atoms with van der Waals surface area (Å²) in [5, 5.41) is 7.65. The first-order chi connectivity index (χ1) is 16.6. The van der Waals surface area contributed by atoms with Crippen LogP contribution in [0.25, 0.3) is 5.69 Å². The molecule has 0 unspecified atom stereocenters. The average molecular weight is 458 g/mol. The van der Waals surface area contributed by atoms with Gasteiger partial charge in [0.2, 0.25) is 5.88 Å². The number of aromatic nitrogens is 5. The Morgan fingerprint density at radius 2 is 1.88 bits per heavy atom. The number of nitrogens with zero attached hydrogens (tertiary/aromatic N) is 6. The summed E-state index contributed by atoms with van der Waals surface area (Å²) in [4.78, 5) is 24.3. The normalized spacial score (nSPS) is 15.8. The highest BCUT2D eigenvalue weighted by Gasteiger charge is 2.28. The molecule has 0 saturated carbocycles. The Balaban J connectivity index is 1.34. The number of para-hydroxylation sites is 1. The summed E-state index contributed by atoms with van der Waals surface area (Å²) in [6.07, 6.45) is 4.88. The zero-order valence-corrected chi connectivity index (χ0v) is 18.6. The highest BCUT2D eigenvalue weighted by atomic mass is 19.1. The SMILES string of the molecule is Cc1cc(Oc2ccccc2F)nc([C@H]2CCCN(C(=O)c3cccc(-n4cnnc4)c3)C2)n1. The summed E-state index contributed by atoms with van der Waals surface area (Å²) in [5.41, 5.74) is 2.14. The lowest BCUT2D eigenvalue weighted by Gasteiger charge is -2.32. The molecule has 5 rings (SSSR count). The molecule has 1 saturated heterocycles. The summed E-state index contributed by atoms with van der Waals surface area (Å²) >= 11 is 0. The first-order valence-electron chi connectivity index (χ1n) is 11.1. The Bertz CT molecular complexity index is 1310. The van der Waals surface area contributed by atoms with E-state index in [1.807, 2.05) is 36.1 Å². The van der Waals surface area contributed by atoms with Gasteiger partial charge < -0.3 is 9.64 Å². The van der Waals surface area contributed by atoms with Gasteiger partial charge in [0, 0.05) is 42.0 Å². The highest BCUT2D eigenvalue weighted by Crippen LogP contribution is 2.29. The summed E-state index contributed by atoms with van der Waals surface area (Å²) < 4.78 is 21.5. The van der Waals surface area contributed by atoms with Crippen molar-refractivity contribution >= 4 is 5.91 Å². The topological polar surface area (TPSA) is 86.0 Å². The minimum atomic E-state index is -0.455. The Morgan fingerprint density at radius 1 is 1.06 bits per heavy atom. The summed E-state index contributed by atoms with van der Waals surface area (Å²) in [6.45, 7) is 3.01. The van der Waals surface area contributed by atoms with Crippen molar-refractivity contribution in [1.29, 1.82) is 0 Å². The van der Waals surface area contributed by atoms with Gasteiger partial charge in [0.15, 0.2) is 11.6 Å². The molecule has 2 aromatic carbocycles. The molecule has 1 atom stereocenters. The first-order valence-corrected chi connectivity index (χ1v) is 11.1. The second kappa shape index (κ2) is 9.38. The van der Waals surface area contributed by atoms with Crippen molar-refractivity contribution in [2.75, 3.05) is 13.1 Å². The minimum Gasteiger partial charge on any atom is -0.436 e. The molecule has 4 aromatic rings. The van der Waals surface area contributed by atoms with E-state index in [2.05, 4.69) is 20.2 Å². The molecular formula is C25H23FN6O2. The van der Waals surface area contributed by atoms with Gasteiger partial charge >= 0.3 is 0 Å². The average Bonchev–Trinajstić information content (AvgIpc) is 3.40. The van der Waals surface area contributed by atoms with Gasteiger partial charge in [-0.3, -0.25) is 9.36 Å². The van der Waals surface area contributed by atoms with Gasteiger partial charge in [-0.1, -0.05) is 18.2 Å². The lowest BCUT2D eigenvalue weighted by atomic mass is 9.96. The largest absolute Gasteiger partial charge is 0.436 e. The van der Waals surface area contributed by atoms with Crippen LogP contribution in [0.15, 0.2) is 67.3 Å². The summed E-state index contributed by atoms with van der Waals surface area (Å²) in [5.74, 6) is 0.458. The molecule has 34 heavy (non-hydrogen) atoms.